The number of aliphatic hydroxyl groups excluding tert-OH is 3. The van der Waals surface area contributed by atoms with Crippen LogP contribution in [0.15, 0.2) is 12.4 Å². The molecule has 0 saturated carbocycles. The van der Waals surface area contributed by atoms with Gasteiger partial charge in [-0.2, -0.15) is 5.26 Å². The number of anilines is 1. The number of nitrogens with one attached hydrogen (secondary N) is 1. The van der Waals surface area contributed by atoms with Crippen molar-refractivity contribution in [2.75, 3.05) is 25.1 Å². The Labute approximate surface area is 92.0 Å². The van der Waals surface area contributed by atoms with Crippen molar-refractivity contribution in [3.05, 3.63) is 18.1 Å². The Hall–Kier alpha value is -1.75. The fourth-order valence-electron chi connectivity index (χ4n) is 0.991. The Kier molecular flexibility index (Phi) is 4.13. The van der Waals surface area contributed by atoms with Gasteiger partial charge in [-0.05, 0) is 0 Å². The van der Waals surface area contributed by atoms with E-state index in [1.165, 1.54) is 12.4 Å². The van der Waals surface area contributed by atoms with Gasteiger partial charge in [0.05, 0.1) is 32.2 Å². The summed E-state index contributed by atoms with van der Waals surface area (Å²) < 4.78 is 0. The first-order valence-corrected chi connectivity index (χ1v) is 4.52. The van der Waals surface area contributed by atoms with Gasteiger partial charge in [-0.1, -0.05) is 0 Å². The molecule has 4 N–H and O–H groups in total. The van der Waals surface area contributed by atoms with Gasteiger partial charge in [0, 0.05) is 0 Å². The van der Waals surface area contributed by atoms with Crippen LogP contribution in [0.5, 0.6) is 0 Å². The lowest BCUT2D eigenvalue weighted by atomic mass is 10.0. The second-order valence-corrected chi connectivity index (χ2v) is 3.28. The first-order valence-electron chi connectivity index (χ1n) is 4.52. The lowest BCUT2D eigenvalue weighted by Gasteiger charge is -2.28. The molecule has 0 spiro atoms. The second-order valence-electron chi connectivity index (χ2n) is 3.28. The highest BCUT2D eigenvalue weighted by Crippen LogP contribution is 2.11. The van der Waals surface area contributed by atoms with Crippen LogP contribution in [-0.2, 0) is 0 Å². The number of aliphatic hydroxyl groups is 3. The first-order chi connectivity index (χ1) is 7.69. The van der Waals surface area contributed by atoms with Gasteiger partial charge in [0.15, 0.2) is 5.69 Å². The monoisotopic (exact) mass is 224 g/mol. The number of hydrogen-bond donors (Lipinski definition) is 4. The summed E-state index contributed by atoms with van der Waals surface area (Å²) in [7, 11) is 0. The molecule has 1 rings (SSSR count). The van der Waals surface area contributed by atoms with E-state index in [4.69, 9.17) is 20.6 Å². The number of nitrogens with zero attached hydrogens (tertiary/aromatic N) is 3. The van der Waals surface area contributed by atoms with Crippen molar-refractivity contribution in [2.45, 2.75) is 5.54 Å². The molecule has 16 heavy (non-hydrogen) atoms. The minimum absolute atomic E-state index is 0.160. The standard InChI is InChI=1S/C9H12N4O3/c10-1-7-2-12-8(3-11-7)13-9(4-14,5-15)6-16/h2-3,14-16H,4-6H2,(H,12,13). The van der Waals surface area contributed by atoms with Crippen LogP contribution in [0.1, 0.15) is 5.69 Å². The van der Waals surface area contributed by atoms with Gasteiger partial charge in [0.2, 0.25) is 0 Å². The highest BCUT2D eigenvalue weighted by molar-refractivity contribution is 5.37. The molecule has 0 fully saturated rings. The van der Waals surface area contributed by atoms with Crippen LogP contribution in [-0.4, -0.2) is 50.6 Å². The van der Waals surface area contributed by atoms with E-state index in [2.05, 4.69) is 15.3 Å². The second kappa shape index (κ2) is 5.37. The van der Waals surface area contributed by atoms with Crippen LogP contribution in [0.3, 0.4) is 0 Å². The Morgan fingerprint density at radius 1 is 1.19 bits per heavy atom. The fraction of sp³-hybridized carbons (Fsp3) is 0.444. The first kappa shape index (κ1) is 12.3. The lowest BCUT2D eigenvalue weighted by molar-refractivity contribution is 0.0831. The van der Waals surface area contributed by atoms with Crippen LogP contribution >= 0.6 is 0 Å². The van der Waals surface area contributed by atoms with Crippen molar-refractivity contribution in [1.82, 2.24) is 9.97 Å². The molecule has 1 aromatic heterocycles. The number of nitriles is 1. The van der Waals surface area contributed by atoms with E-state index < -0.39 is 25.4 Å². The Bertz CT molecular complexity index is 361. The molecule has 0 unspecified atom stereocenters. The smallest absolute Gasteiger partial charge is 0.158 e. The van der Waals surface area contributed by atoms with Gasteiger partial charge in [-0.15, -0.1) is 0 Å². The third-order valence-corrected chi connectivity index (χ3v) is 2.07. The highest BCUT2D eigenvalue weighted by Gasteiger charge is 2.28. The number of aromatic nitrogens is 2. The van der Waals surface area contributed by atoms with E-state index >= 15 is 0 Å². The van der Waals surface area contributed by atoms with Crippen LogP contribution in [0.4, 0.5) is 5.82 Å². The molecule has 1 heterocycles. The van der Waals surface area contributed by atoms with E-state index in [9.17, 15) is 0 Å². The summed E-state index contributed by atoms with van der Waals surface area (Å²) in [6, 6.07) is 1.81. The molecule has 0 atom stereocenters. The maximum atomic E-state index is 9.06. The van der Waals surface area contributed by atoms with Crippen LogP contribution in [0.2, 0.25) is 0 Å². The summed E-state index contributed by atoms with van der Waals surface area (Å²) in [6.45, 7) is -1.37. The molecule has 1 aromatic rings. The van der Waals surface area contributed by atoms with Crippen LogP contribution < -0.4 is 5.32 Å². The zero-order valence-corrected chi connectivity index (χ0v) is 8.46. The molecular weight excluding hydrogens is 212 g/mol. The molecule has 0 saturated heterocycles. The maximum Gasteiger partial charge on any atom is 0.158 e. The van der Waals surface area contributed by atoms with Crippen molar-refractivity contribution in [1.29, 1.82) is 5.26 Å². The topological polar surface area (TPSA) is 122 Å². The molecule has 7 nitrogen and oxygen atoms in total. The zero-order valence-electron chi connectivity index (χ0n) is 8.46. The molecule has 0 aliphatic rings. The van der Waals surface area contributed by atoms with Gasteiger partial charge >= 0.3 is 0 Å². The summed E-state index contributed by atoms with van der Waals surface area (Å²) in [4.78, 5) is 7.60. The van der Waals surface area contributed by atoms with Crippen molar-refractivity contribution in [3.63, 3.8) is 0 Å². The average molecular weight is 224 g/mol. The fourth-order valence-corrected chi connectivity index (χ4v) is 0.991. The van der Waals surface area contributed by atoms with Gasteiger partial charge in [-0.3, -0.25) is 0 Å². The Morgan fingerprint density at radius 2 is 1.81 bits per heavy atom. The van der Waals surface area contributed by atoms with Crippen LogP contribution in [0.25, 0.3) is 0 Å². The largest absolute Gasteiger partial charge is 0.394 e. The molecule has 7 heteroatoms. The quantitative estimate of drug-likeness (QED) is 0.478. The number of hydrogen-bond acceptors (Lipinski definition) is 7. The normalized spacial score (nSPS) is 10.9. The van der Waals surface area contributed by atoms with Crippen LogP contribution in [0, 0.1) is 11.3 Å². The van der Waals surface area contributed by atoms with E-state index in [0.29, 0.717) is 0 Å². The summed E-state index contributed by atoms with van der Waals surface area (Å²) in [6.07, 6.45) is 2.54. The van der Waals surface area contributed by atoms with Gasteiger partial charge in [0.25, 0.3) is 0 Å². The summed E-state index contributed by atoms with van der Waals surface area (Å²) >= 11 is 0. The summed E-state index contributed by atoms with van der Waals surface area (Å²) in [5, 5.41) is 38.3. The van der Waals surface area contributed by atoms with E-state index in [1.807, 2.05) is 6.07 Å². The highest BCUT2D eigenvalue weighted by atomic mass is 16.3. The molecule has 0 radical (unpaired) electrons. The van der Waals surface area contributed by atoms with Crippen molar-refractivity contribution < 1.29 is 15.3 Å². The molecule has 0 aromatic carbocycles. The zero-order chi connectivity index (χ0) is 12.0. The third kappa shape index (κ3) is 2.64. The van der Waals surface area contributed by atoms with Crippen molar-refractivity contribution >= 4 is 5.82 Å². The number of rotatable bonds is 5. The average Bonchev–Trinajstić information content (AvgIpc) is 2.37. The maximum absolute atomic E-state index is 9.06. The third-order valence-electron chi connectivity index (χ3n) is 2.07. The Balaban J connectivity index is 2.82. The van der Waals surface area contributed by atoms with Crippen molar-refractivity contribution in [2.24, 2.45) is 0 Å². The molecule has 0 aliphatic heterocycles. The predicted molar refractivity (Wildman–Crippen MR) is 54.4 cm³/mol. The SMILES string of the molecule is N#Cc1cnc(NC(CO)(CO)CO)cn1. The van der Waals surface area contributed by atoms with E-state index in [1.54, 1.807) is 0 Å². The van der Waals surface area contributed by atoms with Crippen molar-refractivity contribution in [3.8, 4) is 6.07 Å². The summed E-state index contributed by atoms with van der Waals surface area (Å²) in [5.74, 6) is 0.260. The van der Waals surface area contributed by atoms with Gasteiger partial charge in [0.1, 0.15) is 17.4 Å². The Morgan fingerprint density at radius 3 is 2.19 bits per heavy atom. The minimum Gasteiger partial charge on any atom is -0.394 e. The lowest BCUT2D eigenvalue weighted by Crippen LogP contribution is -2.49. The van der Waals surface area contributed by atoms with Gasteiger partial charge in [-0.25, -0.2) is 9.97 Å². The molecule has 86 valence electrons. The molecule has 0 amide bonds. The molecular formula is C9H12N4O3. The summed E-state index contributed by atoms with van der Waals surface area (Å²) in [5.41, 5.74) is -1.09. The minimum atomic E-state index is -1.25. The van der Waals surface area contributed by atoms with E-state index in [0.717, 1.165) is 0 Å². The predicted octanol–water partition coefficient (Wildman–Crippen LogP) is -1.52. The molecule has 0 aliphatic carbocycles. The van der Waals surface area contributed by atoms with E-state index in [-0.39, 0.29) is 11.5 Å². The van der Waals surface area contributed by atoms with Gasteiger partial charge < -0.3 is 20.6 Å². The molecule has 0 bridgehead atoms.